The molecule has 0 aromatic heterocycles. The molecule has 0 rings (SSSR count). The van der Waals surface area contributed by atoms with E-state index >= 15 is 0 Å². The van der Waals surface area contributed by atoms with Crippen LogP contribution < -0.4 is 0 Å². The van der Waals surface area contributed by atoms with E-state index in [0.29, 0.717) is 0 Å². The van der Waals surface area contributed by atoms with Crippen LogP contribution in [0.1, 0.15) is 0 Å². The molecule has 0 saturated heterocycles. The van der Waals surface area contributed by atoms with Crippen molar-refractivity contribution < 1.29 is 120 Å². The van der Waals surface area contributed by atoms with E-state index in [9.17, 15) is 96.2 Å². The fourth-order valence-electron chi connectivity index (χ4n) is 1.77. The largest absolute Gasteiger partial charge is 0.462 e. The zero-order chi connectivity index (χ0) is 33.5. The molecule has 0 aromatic carbocycles. The number of alkyl halides is 20. The van der Waals surface area contributed by atoms with Gasteiger partial charge in [0.15, 0.2) is 0 Å². The Bertz CT molecular complexity index is 977. The predicted octanol–water partition coefficient (Wildman–Crippen LogP) is 5.67. The predicted molar refractivity (Wildman–Crippen MR) is 81.0 cm³/mol. The van der Waals surface area contributed by atoms with E-state index < -0.39 is 89.9 Å². The van der Waals surface area contributed by atoms with E-state index in [2.05, 4.69) is 9.47 Å². The van der Waals surface area contributed by atoms with Crippen LogP contribution in [0.15, 0.2) is 0 Å². The molecule has 7 nitrogen and oxygen atoms in total. The first kappa shape index (κ1) is 39.4. The van der Waals surface area contributed by atoms with Crippen LogP contribution in [-0.4, -0.2) is 92.8 Å². The van der Waals surface area contributed by atoms with Crippen LogP contribution in [0.25, 0.3) is 0 Å². The number of halogens is 20. The van der Waals surface area contributed by atoms with Crippen molar-refractivity contribution >= 4 is 10.1 Å². The molecule has 0 aliphatic carbocycles. The maximum absolute atomic E-state index is 13.6. The van der Waals surface area contributed by atoms with E-state index in [4.69, 9.17) is 4.55 Å². The lowest BCUT2D eigenvalue weighted by atomic mass is 10.3. The van der Waals surface area contributed by atoms with Crippen molar-refractivity contribution in [3.63, 3.8) is 0 Å². The fraction of sp³-hybridized carbons (Fsp3) is 1.00. The van der Waals surface area contributed by atoms with E-state index in [0.717, 1.165) is 0 Å². The second-order valence-electron chi connectivity index (χ2n) is 6.97. The molecule has 0 radical (unpaired) electrons. The number of hydrogen-bond acceptors (Lipinski definition) is 6. The lowest BCUT2D eigenvalue weighted by Gasteiger charge is -2.32. The minimum absolute atomic E-state index is 1.95. The van der Waals surface area contributed by atoms with Crippen molar-refractivity contribution in [2.24, 2.45) is 0 Å². The van der Waals surface area contributed by atoms with Crippen LogP contribution in [0.2, 0.25) is 0 Å². The van der Waals surface area contributed by atoms with Crippen molar-refractivity contribution in [1.29, 1.82) is 0 Å². The molecule has 0 aliphatic rings. The molecule has 0 aliphatic heterocycles. The Labute approximate surface area is 211 Å². The van der Waals surface area contributed by atoms with Gasteiger partial charge >= 0.3 is 48.6 Å². The molecule has 0 amide bonds. The first-order valence-electron chi connectivity index (χ1n) is 8.85. The molecule has 0 aromatic rings. The summed E-state index contributed by atoms with van der Waals surface area (Å²) < 4.78 is 294. The Morgan fingerprint density at radius 3 is 1.17 bits per heavy atom. The van der Waals surface area contributed by atoms with Crippen LogP contribution in [0.4, 0.5) is 87.8 Å². The SMILES string of the molecule is O=S(=O)(O)CC(COC(F)(F)C(F)OC(F)(F)C(F)(F)C(F)(F)F)OC(F)(F)C(F)OC(F)(F)C(F)(F)C(F)(F)F. The van der Waals surface area contributed by atoms with Crippen LogP contribution in [0.5, 0.6) is 0 Å². The molecule has 0 fully saturated rings. The van der Waals surface area contributed by atoms with Gasteiger partial charge in [-0.25, -0.2) is 8.78 Å². The average molecular weight is 688 g/mol. The third-order valence-electron chi connectivity index (χ3n) is 3.66. The van der Waals surface area contributed by atoms with Crippen molar-refractivity contribution in [2.45, 2.75) is 67.5 Å². The summed E-state index contributed by atoms with van der Waals surface area (Å²) in [5.41, 5.74) is 0. The van der Waals surface area contributed by atoms with Gasteiger partial charge in [0.2, 0.25) is 0 Å². The summed E-state index contributed by atoms with van der Waals surface area (Å²) in [5.74, 6) is -17.4. The average Bonchev–Trinajstić information content (AvgIpc) is 2.68. The summed E-state index contributed by atoms with van der Waals surface area (Å²) in [4.78, 5) is 0. The van der Waals surface area contributed by atoms with E-state index in [1.807, 2.05) is 9.47 Å². The van der Waals surface area contributed by atoms with Crippen molar-refractivity contribution in [2.75, 3.05) is 12.4 Å². The molecule has 3 atom stereocenters. The number of hydrogen-bond donors (Lipinski definition) is 1. The van der Waals surface area contributed by atoms with Crippen LogP contribution >= 0.6 is 0 Å². The lowest BCUT2D eigenvalue weighted by Crippen LogP contribution is -2.56. The molecule has 28 heteroatoms. The fourth-order valence-corrected chi connectivity index (χ4v) is 2.41. The summed E-state index contributed by atoms with van der Waals surface area (Å²) in [5, 5.41) is 0. The smallest absolute Gasteiger partial charge is 0.313 e. The third kappa shape index (κ3) is 9.68. The maximum Gasteiger partial charge on any atom is 0.462 e. The Morgan fingerprint density at radius 1 is 0.561 bits per heavy atom. The first-order chi connectivity index (χ1) is 17.5. The molecule has 0 spiro atoms. The summed E-state index contributed by atoms with van der Waals surface area (Å²) >= 11 is 0. The molecule has 1 N–H and O–H groups in total. The summed E-state index contributed by atoms with van der Waals surface area (Å²) in [6.45, 7) is -2.85. The monoisotopic (exact) mass is 688 g/mol. The molecule has 41 heavy (non-hydrogen) atoms. The molecule has 0 saturated carbocycles. The first-order valence-corrected chi connectivity index (χ1v) is 10.5. The van der Waals surface area contributed by atoms with Gasteiger partial charge in [0, 0.05) is 0 Å². The van der Waals surface area contributed by atoms with Crippen molar-refractivity contribution in [3.8, 4) is 0 Å². The van der Waals surface area contributed by atoms with Crippen molar-refractivity contribution in [3.05, 3.63) is 0 Å². The standard InChI is InChI=1S/C13H8F20O7S/c14-4(39-12(30,31)8(20,21)10(24,25)26)6(16,17)37-1-3(2-41(34,35)36)38-7(18,19)5(15)40-13(32,33)9(22,23)11(27,28)29/h3-5H,1-2H2,(H,34,35,36). The second kappa shape index (κ2) is 11.8. The molecule has 3 unspecified atom stereocenters. The molecule has 0 heterocycles. The molecule has 0 bridgehead atoms. The lowest BCUT2D eigenvalue weighted by molar-refractivity contribution is -0.471. The van der Waals surface area contributed by atoms with Gasteiger partial charge in [-0.15, -0.1) is 0 Å². The maximum atomic E-state index is 13.6. The van der Waals surface area contributed by atoms with Crippen LogP contribution in [-0.2, 0) is 29.1 Å². The number of rotatable bonds is 15. The topological polar surface area (TPSA) is 91.3 Å². The van der Waals surface area contributed by atoms with Gasteiger partial charge in [0.25, 0.3) is 22.8 Å². The minimum Gasteiger partial charge on any atom is -0.313 e. The van der Waals surface area contributed by atoms with E-state index in [1.165, 1.54) is 0 Å². The van der Waals surface area contributed by atoms with Gasteiger partial charge in [0.05, 0.1) is 6.61 Å². The highest BCUT2D eigenvalue weighted by Gasteiger charge is 2.77. The molecular formula is C13H8F20O7S. The van der Waals surface area contributed by atoms with Gasteiger partial charge in [-0.2, -0.15) is 87.4 Å². The quantitative estimate of drug-likeness (QED) is 0.175. The number of ether oxygens (including phenoxy) is 4. The van der Waals surface area contributed by atoms with Gasteiger partial charge in [0.1, 0.15) is 11.9 Å². The Hall–Kier alpha value is -1.65. The third-order valence-corrected chi connectivity index (χ3v) is 4.45. The zero-order valence-corrected chi connectivity index (χ0v) is 18.8. The summed E-state index contributed by atoms with van der Waals surface area (Å²) in [6.07, 6.45) is -56.3. The molecular weight excluding hydrogens is 680 g/mol. The Kier molecular flexibility index (Phi) is 11.3. The van der Waals surface area contributed by atoms with E-state index in [1.54, 1.807) is 0 Å². The van der Waals surface area contributed by atoms with Gasteiger partial charge < -0.3 is 9.47 Å². The highest BCUT2D eigenvalue weighted by molar-refractivity contribution is 7.85. The van der Waals surface area contributed by atoms with Crippen LogP contribution in [0, 0.1) is 0 Å². The highest BCUT2D eigenvalue weighted by atomic mass is 32.2. The van der Waals surface area contributed by atoms with Gasteiger partial charge in [-0.1, -0.05) is 0 Å². The summed E-state index contributed by atoms with van der Waals surface area (Å²) in [6, 6.07) is 0. The molecule has 248 valence electrons. The van der Waals surface area contributed by atoms with Gasteiger partial charge in [-0.3, -0.25) is 14.0 Å². The summed E-state index contributed by atoms with van der Waals surface area (Å²) in [7, 11) is -5.88. The Balaban J connectivity index is 5.87. The minimum atomic E-state index is -7.42. The van der Waals surface area contributed by atoms with Crippen LogP contribution in [0.3, 0.4) is 0 Å². The van der Waals surface area contributed by atoms with E-state index in [-0.39, 0.29) is 0 Å². The zero-order valence-electron chi connectivity index (χ0n) is 18.0. The normalized spacial score (nSPS) is 17.9. The highest BCUT2D eigenvalue weighted by Crippen LogP contribution is 2.50. The van der Waals surface area contributed by atoms with Crippen molar-refractivity contribution in [1.82, 2.24) is 0 Å². The Morgan fingerprint density at radius 2 is 0.878 bits per heavy atom. The second-order valence-corrected chi connectivity index (χ2v) is 8.47. The van der Waals surface area contributed by atoms with Gasteiger partial charge in [-0.05, 0) is 0 Å².